The topological polar surface area (TPSA) is 69.6 Å². The number of hydrogen-bond donors (Lipinski definition) is 1. The molecule has 116 valence electrons. The van der Waals surface area contributed by atoms with Gasteiger partial charge in [0.1, 0.15) is 5.82 Å². The molecule has 1 aliphatic rings. The maximum Gasteiger partial charge on any atom is 0.356 e. The maximum absolute atomic E-state index is 11.5. The second kappa shape index (κ2) is 5.97. The van der Waals surface area contributed by atoms with Crippen LogP contribution in [-0.4, -0.2) is 59.2 Å². The fourth-order valence-electron chi connectivity index (χ4n) is 2.87. The molecule has 1 aromatic heterocycles. The molecule has 21 heavy (non-hydrogen) atoms. The summed E-state index contributed by atoms with van der Waals surface area (Å²) in [4.78, 5) is 24.4. The molecule has 1 aromatic rings. The molecule has 2 rings (SSSR count). The minimum atomic E-state index is -0.991. The third kappa shape index (κ3) is 3.15. The van der Waals surface area contributed by atoms with Crippen molar-refractivity contribution in [3.05, 3.63) is 17.7 Å². The van der Waals surface area contributed by atoms with Gasteiger partial charge in [0.2, 0.25) is 0 Å². The standard InChI is InChI=1S/C15H24N4O2/c1-9(2)14-16-6-11(13(17-14)15(20)21)19-7-10(3)12(8-19)18(4)5/h6,9-10,12H,7-8H2,1-5H3,(H,20,21). The van der Waals surface area contributed by atoms with Gasteiger partial charge in [-0.3, -0.25) is 0 Å². The predicted molar refractivity (Wildman–Crippen MR) is 81.9 cm³/mol. The predicted octanol–water partition coefficient (Wildman–Crippen LogP) is 1.68. The van der Waals surface area contributed by atoms with Gasteiger partial charge in [-0.2, -0.15) is 0 Å². The van der Waals surface area contributed by atoms with Gasteiger partial charge in [0.05, 0.1) is 11.9 Å². The molecule has 1 fully saturated rings. The molecule has 0 amide bonds. The number of anilines is 1. The summed E-state index contributed by atoms with van der Waals surface area (Å²) in [5.41, 5.74) is 0.739. The zero-order chi connectivity index (χ0) is 15.7. The first-order valence-corrected chi connectivity index (χ1v) is 7.32. The Morgan fingerprint density at radius 1 is 1.43 bits per heavy atom. The molecule has 6 nitrogen and oxygen atoms in total. The summed E-state index contributed by atoms with van der Waals surface area (Å²) in [5, 5.41) is 9.45. The van der Waals surface area contributed by atoms with Crippen LogP contribution in [0.3, 0.4) is 0 Å². The van der Waals surface area contributed by atoms with Crippen molar-refractivity contribution in [2.24, 2.45) is 5.92 Å². The molecule has 0 aliphatic carbocycles. The van der Waals surface area contributed by atoms with Crippen LogP contribution in [0.1, 0.15) is 43.0 Å². The van der Waals surface area contributed by atoms with E-state index in [0.29, 0.717) is 23.5 Å². The number of carbonyl (C=O) groups is 1. The highest BCUT2D eigenvalue weighted by Crippen LogP contribution is 2.28. The molecule has 1 saturated heterocycles. The number of aromatic nitrogens is 2. The van der Waals surface area contributed by atoms with Crippen LogP contribution in [0.25, 0.3) is 0 Å². The molecule has 2 heterocycles. The third-order valence-electron chi connectivity index (χ3n) is 4.08. The van der Waals surface area contributed by atoms with E-state index in [2.05, 4.69) is 40.8 Å². The number of likely N-dealkylation sites (N-methyl/N-ethyl adjacent to an activating group) is 1. The number of aromatic carboxylic acids is 1. The quantitative estimate of drug-likeness (QED) is 0.910. The largest absolute Gasteiger partial charge is 0.476 e. The molecule has 2 unspecified atom stereocenters. The van der Waals surface area contributed by atoms with Crippen molar-refractivity contribution >= 4 is 11.7 Å². The lowest BCUT2D eigenvalue weighted by atomic mass is 10.1. The van der Waals surface area contributed by atoms with Gasteiger partial charge in [-0.1, -0.05) is 20.8 Å². The van der Waals surface area contributed by atoms with E-state index in [1.807, 2.05) is 13.8 Å². The second-order valence-corrected chi connectivity index (χ2v) is 6.34. The highest BCUT2D eigenvalue weighted by molar-refractivity contribution is 5.92. The second-order valence-electron chi connectivity index (χ2n) is 6.34. The van der Waals surface area contributed by atoms with E-state index in [-0.39, 0.29) is 11.6 Å². The first kappa shape index (κ1) is 15.7. The van der Waals surface area contributed by atoms with Crippen molar-refractivity contribution in [3.8, 4) is 0 Å². The molecular formula is C15H24N4O2. The van der Waals surface area contributed by atoms with Gasteiger partial charge < -0.3 is 14.9 Å². The Kier molecular flexibility index (Phi) is 4.46. The normalized spacial score (nSPS) is 22.3. The van der Waals surface area contributed by atoms with Crippen molar-refractivity contribution in [3.63, 3.8) is 0 Å². The summed E-state index contributed by atoms with van der Waals surface area (Å²) in [7, 11) is 4.11. The molecule has 0 aromatic carbocycles. The van der Waals surface area contributed by atoms with Gasteiger partial charge in [0, 0.05) is 25.0 Å². The molecule has 0 radical (unpaired) electrons. The van der Waals surface area contributed by atoms with Gasteiger partial charge in [0.15, 0.2) is 5.69 Å². The van der Waals surface area contributed by atoms with E-state index < -0.39 is 5.97 Å². The van der Waals surface area contributed by atoms with E-state index in [0.717, 1.165) is 13.1 Å². The lowest BCUT2D eigenvalue weighted by Crippen LogP contribution is -2.34. The van der Waals surface area contributed by atoms with Crippen LogP contribution in [0.4, 0.5) is 5.69 Å². The van der Waals surface area contributed by atoms with Crippen LogP contribution >= 0.6 is 0 Å². The van der Waals surface area contributed by atoms with Crippen LogP contribution in [-0.2, 0) is 0 Å². The Balaban J connectivity index is 2.34. The molecule has 0 bridgehead atoms. The number of carboxylic acids is 1. The molecule has 1 aliphatic heterocycles. The summed E-state index contributed by atoms with van der Waals surface area (Å²) in [6.07, 6.45) is 1.66. The zero-order valence-electron chi connectivity index (χ0n) is 13.4. The summed E-state index contributed by atoms with van der Waals surface area (Å²) >= 11 is 0. The Labute approximate surface area is 125 Å². The van der Waals surface area contributed by atoms with E-state index in [9.17, 15) is 9.90 Å². The number of carboxylic acid groups (broad SMARTS) is 1. The number of hydrogen-bond acceptors (Lipinski definition) is 5. The molecule has 1 N–H and O–H groups in total. The maximum atomic E-state index is 11.5. The van der Waals surface area contributed by atoms with Crippen molar-refractivity contribution in [1.82, 2.24) is 14.9 Å². The molecular weight excluding hydrogens is 268 g/mol. The lowest BCUT2D eigenvalue weighted by molar-refractivity contribution is 0.0690. The van der Waals surface area contributed by atoms with E-state index in [1.165, 1.54) is 0 Å². The van der Waals surface area contributed by atoms with E-state index in [4.69, 9.17) is 0 Å². The van der Waals surface area contributed by atoms with Crippen molar-refractivity contribution in [1.29, 1.82) is 0 Å². The SMILES string of the molecule is CC(C)c1ncc(N2CC(C)C(N(C)C)C2)c(C(=O)O)n1. The van der Waals surface area contributed by atoms with Crippen molar-refractivity contribution in [2.75, 3.05) is 32.1 Å². The van der Waals surface area contributed by atoms with Crippen LogP contribution in [0.2, 0.25) is 0 Å². The molecule has 2 atom stereocenters. The lowest BCUT2D eigenvalue weighted by Gasteiger charge is -2.23. The first-order valence-electron chi connectivity index (χ1n) is 7.32. The zero-order valence-corrected chi connectivity index (χ0v) is 13.4. The smallest absolute Gasteiger partial charge is 0.356 e. The van der Waals surface area contributed by atoms with Crippen LogP contribution in [0, 0.1) is 5.92 Å². The minimum absolute atomic E-state index is 0.111. The monoisotopic (exact) mass is 292 g/mol. The number of nitrogens with zero attached hydrogens (tertiary/aromatic N) is 4. The van der Waals surface area contributed by atoms with Gasteiger partial charge in [-0.25, -0.2) is 14.8 Å². The molecule has 6 heteroatoms. The Morgan fingerprint density at radius 2 is 2.10 bits per heavy atom. The highest BCUT2D eigenvalue weighted by Gasteiger charge is 2.33. The van der Waals surface area contributed by atoms with Crippen molar-refractivity contribution < 1.29 is 9.90 Å². The Morgan fingerprint density at radius 3 is 2.57 bits per heavy atom. The minimum Gasteiger partial charge on any atom is -0.476 e. The summed E-state index contributed by atoms with van der Waals surface area (Å²) in [6.45, 7) is 7.74. The Hall–Kier alpha value is -1.69. The molecule has 0 spiro atoms. The Bertz CT molecular complexity index is 530. The van der Waals surface area contributed by atoms with Crippen LogP contribution in [0.5, 0.6) is 0 Å². The fourth-order valence-corrected chi connectivity index (χ4v) is 2.87. The summed E-state index contributed by atoms with van der Waals surface area (Å²) in [5.74, 6) is 0.179. The van der Waals surface area contributed by atoms with Gasteiger partial charge in [-0.15, -0.1) is 0 Å². The number of rotatable bonds is 4. The third-order valence-corrected chi connectivity index (χ3v) is 4.08. The van der Waals surface area contributed by atoms with E-state index >= 15 is 0 Å². The average molecular weight is 292 g/mol. The fraction of sp³-hybridized carbons (Fsp3) is 0.667. The molecule has 0 saturated carbocycles. The highest BCUT2D eigenvalue weighted by atomic mass is 16.4. The van der Waals surface area contributed by atoms with Gasteiger partial charge in [0.25, 0.3) is 0 Å². The van der Waals surface area contributed by atoms with Gasteiger partial charge >= 0.3 is 5.97 Å². The van der Waals surface area contributed by atoms with Gasteiger partial charge in [-0.05, 0) is 20.0 Å². The van der Waals surface area contributed by atoms with Crippen LogP contribution in [0.15, 0.2) is 6.20 Å². The first-order chi connectivity index (χ1) is 9.81. The summed E-state index contributed by atoms with van der Waals surface area (Å²) < 4.78 is 0. The average Bonchev–Trinajstić information content (AvgIpc) is 2.80. The van der Waals surface area contributed by atoms with E-state index in [1.54, 1.807) is 6.20 Å². The van der Waals surface area contributed by atoms with Crippen LogP contribution < -0.4 is 4.90 Å². The summed E-state index contributed by atoms with van der Waals surface area (Å²) in [6, 6.07) is 0.413. The van der Waals surface area contributed by atoms with Crippen molar-refractivity contribution in [2.45, 2.75) is 32.7 Å².